The second kappa shape index (κ2) is 17.2. The summed E-state index contributed by atoms with van der Waals surface area (Å²) < 4.78 is 40.3. The van der Waals surface area contributed by atoms with Crippen LogP contribution in [0.15, 0.2) is 0 Å². The highest BCUT2D eigenvalue weighted by Gasteiger charge is 2.38. The van der Waals surface area contributed by atoms with Crippen molar-refractivity contribution in [2.24, 2.45) is 23.7 Å². The molecule has 3 aliphatic rings. The Labute approximate surface area is 214 Å². The van der Waals surface area contributed by atoms with Gasteiger partial charge >= 0.3 is 0 Å². The zero-order chi connectivity index (χ0) is 26.4. The minimum absolute atomic E-state index is 0.130. The largest absolute Gasteiger partial charge is 0.299 e. The van der Waals surface area contributed by atoms with Gasteiger partial charge < -0.3 is 0 Å². The number of halogens is 3. The average molecular weight is 507 g/mol. The maximum atomic E-state index is 14.8. The summed E-state index contributed by atoms with van der Waals surface area (Å²) in [6.45, 7) is 17.6. The summed E-state index contributed by atoms with van der Waals surface area (Å²) in [5.41, 5.74) is 0. The molecule has 2 heterocycles. The van der Waals surface area contributed by atoms with Gasteiger partial charge in [-0.1, -0.05) is 67.2 Å². The lowest BCUT2D eigenvalue weighted by atomic mass is 9.80. The van der Waals surface area contributed by atoms with E-state index in [1.807, 2.05) is 13.8 Å². The van der Waals surface area contributed by atoms with Gasteiger partial charge in [-0.3, -0.25) is 20.9 Å². The van der Waals surface area contributed by atoms with Crippen molar-refractivity contribution in [1.82, 2.24) is 20.9 Å². The molecular weight excluding hydrogens is 449 g/mol. The minimum atomic E-state index is -2.44. The van der Waals surface area contributed by atoms with Crippen LogP contribution in [0.1, 0.15) is 106 Å². The van der Waals surface area contributed by atoms with Crippen molar-refractivity contribution in [1.29, 1.82) is 0 Å². The number of nitrogens with zero attached hydrogens (tertiary/aromatic N) is 1. The predicted octanol–water partition coefficient (Wildman–Crippen LogP) is 6.77. The van der Waals surface area contributed by atoms with Gasteiger partial charge in [0, 0.05) is 12.6 Å². The molecule has 4 nitrogen and oxygen atoms in total. The number of hydrogen-bond donors (Lipinski definition) is 3. The molecule has 0 aromatic heterocycles. The molecule has 1 saturated carbocycles. The zero-order valence-corrected chi connectivity index (χ0v) is 23.8. The lowest BCUT2D eigenvalue weighted by Crippen LogP contribution is -2.68. The highest BCUT2D eigenvalue weighted by molar-refractivity contribution is 4.91. The molecular formula is C28H57F3N4. The third-order valence-corrected chi connectivity index (χ3v) is 7.99. The van der Waals surface area contributed by atoms with Crippen LogP contribution in [-0.4, -0.2) is 55.6 Å². The molecule has 0 aromatic rings. The summed E-state index contributed by atoms with van der Waals surface area (Å²) in [6, 6.07) is 0. The molecule has 4 unspecified atom stereocenters. The summed E-state index contributed by atoms with van der Waals surface area (Å²) in [4.78, 5) is 2.26. The van der Waals surface area contributed by atoms with E-state index in [0.29, 0.717) is 37.3 Å². The van der Waals surface area contributed by atoms with Crippen molar-refractivity contribution in [2.75, 3.05) is 26.3 Å². The Balaban J connectivity index is 0.000000395. The fourth-order valence-electron chi connectivity index (χ4n) is 5.40. The molecule has 1 aliphatic carbocycles. The summed E-state index contributed by atoms with van der Waals surface area (Å²) in [7, 11) is 0. The summed E-state index contributed by atoms with van der Waals surface area (Å²) in [5.74, 6) is -0.852. The molecule has 3 N–H and O–H groups in total. The molecule has 7 heteroatoms. The molecule has 0 bridgehead atoms. The Morgan fingerprint density at radius 1 is 1.03 bits per heavy atom. The van der Waals surface area contributed by atoms with E-state index in [2.05, 4.69) is 48.5 Å². The number of rotatable bonds is 9. The normalized spacial score (nSPS) is 30.8. The van der Waals surface area contributed by atoms with Crippen molar-refractivity contribution < 1.29 is 13.2 Å². The van der Waals surface area contributed by atoms with Crippen molar-refractivity contribution in [3.8, 4) is 0 Å². The van der Waals surface area contributed by atoms with Crippen molar-refractivity contribution in [3.63, 3.8) is 0 Å². The van der Waals surface area contributed by atoms with Crippen molar-refractivity contribution >= 4 is 0 Å². The fraction of sp³-hybridized carbons (Fsp3) is 1.00. The van der Waals surface area contributed by atoms with Crippen LogP contribution < -0.4 is 16.0 Å². The zero-order valence-electron chi connectivity index (χ0n) is 23.8. The van der Waals surface area contributed by atoms with Crippen molar-refractivity contribution in [3.05, 3.63) is 0 Å². The van der Waals surface area contributed by atoms with Gasteiger partial charge in [-0.15, -0.1) is 0 Å². The number of unbranched alkanes of at least 4 members (excludes halogenated alkanes) is 1. The van der Waals surface area contributed by atoms with Gasteiger partial charge in [0.15, 0.2) is 6.17 Å². The number of likely N-dealkylation sites (tertiary alicyclic amines) is 1. The van der Waals surface area contributed by atoms with E-state index in [9.17, 15) is 13.2 Å². The first-order chi connectivity index (χ1) is 16.6. The molecule has 3 fully saturated rings. The Morgan fingerprint density at radius 3 is 2.14 bits per heavy atom. The van der Waals surface area contributed by atoms with Crippen LogP contribution in [0.2, 0.25) is 0 Å². The molecule has 2 saturated heterocycles. The van der Waals surface area contributed by atoms with E-state index in [1.165, 1.54) is 32.1 Å². The van der Waals surface area contributed by atoms with Crippen LogP contribution in [0.25, 0.3) is 0 Å². The van der Waals surface area contributed by atoms with Gasteiger partial charge in [-0.05, 0) is 76.4 Å². The van der Waals surface area contributed by atoms with Crippen molar-refractivity contribution in [2.45, 2.75) is 131 Å². The minimum Gasteiger partial charge on any atom is -0.299 e. The molecule has 4 atom stereocenters. The first kappa shape index (κ1) is 32.7. The molecule has 3 rings (SSSR count). The second-order valence-corrected chi connectivity index (χ2v) is 11.2. The lowest BCUT2D eigenvalue weighted by molar-refractivity contribution is -0.0569. The highest BCUT2D eigenvalue weighted by Crippen LogP contribution is 2.37. The van der Waals surface area contributed by atoms with E-state index in [4.69, 9.17) is 0 Å². The summed E-state index contributed by atoms with van der Waals surface area (Å²) in [5, 5.41) is 10.00. The molecule has 2 aliphatic heterocycles. The Kier molecular flexibility index (Phi) is 16.0. The van der Waals surface area contributed by atoms with Gasteiger partial charge in [0.2, 0.25) is 5.92 Å². The third-order valence-electron chi connectivity index (χ3n) is 7.99. The van der Waals surface area contributed by atoms with Crippen LogP contribution in [-0.2, 0) is 0 Å². The van der Waals surface area contributed by atoms with Crippen LogP contribution >= 0.6 is 0 Å². The highest BCUT2D eigenvalue weighted by atomic mass is 19.3. The molecule has 210 valence electrons. The third kappa shape index (κ3) is 11.7. The van der Waals surface area contributed by atoms with Gasteiger partial charge in [-0.25, -0.2) is 13.2 Å². The van der Waals surface area contributed by atoms with Crippen LogP contribution in [0.5, 0.6) is 0 Å². The fourth-order valence-corrected chi connectivity index (χ4v) is 5.40. The number of nitrogens with one attached hydrogen (secondary N) is 3. The Hall–Kier alpha value is -0.370. The molecule has 35 heavy (non-hydrogen) atoms. The monoisotopic (exact) mass is 506 g/mol. The predicted molar refractivity (Wildman–Crippen MR) is 143 cm³/mol. The van der Waals surface area contributed by atoms with Crippen LogP contribution in [0.4, 0.5) is 13.2 Å². The van der Waals surface area contributed by atoms with Gasteiger partial charge in [0.1, 0.15) is 0 Å². The van der Waals surface area contributed by atoms with Gasteiger partial charge in [-0.2, -0.15) is 0 Å². The molecule has 0 amide bonds. The maximum absolute atomic E-state index is 14.8. The van der Waals surface area contributed by atoms with E-state index in [-0.39, 0.29) is 18.2 Å². The van der Waals surface area contributed by atoms with E-state index in [1.54, 1.807) is 0 Å². The SMILES string of the molecule is CC.CC1CCC(C(C)(F)F)CC1.CCCCC(CNC1NCNC(N2CCCC2)C1F)C(C)C. The smallest absolute Gasteiger partial charge is 0.248 e. The molecule has 0 spiro atoms. The number of hydrogen-bond acceptors (Lipinski definition) is 4. The first-order valence-electron chi connectivity index (χ1n) is 14.6. The summed E-state index contributed by atoms with van der Waals surface area (Å²) in [6.07, 6.45) is 8.26. The molecule has 0 radical (unpaired) electrons. The van der Waals surface area contributed by atoms with Crippen LogP contribution in [0, 0.1) is 23.7 Å². The van der Waals surface area contributed by atoms with Crippen LogP contribution in [0.3, 0.4) is 0 Å². The number of alkyl halides is 3. The maximum Gasteiger partial charge on any atom is 0.248 e. The Morgan fingerprint density at radius 2 is 1.63 bits per heavy atom. The van der Waals surface area contributed by atoms with Gasteiger partial charge in [0.05, 0.1) is 12.3 Å². The van der Waals surface area contributed by atoms with E-state index in [0.717, 1.165) is 39.4 Å². The lowest BCUT2D eigenvalue weighted by Gasteiger charge is -2.40. The summed E-state index contributed by atoms with van der Waals surface area (Å²) >= 11 is 0. The molecule has 0 aromatic carbocycles. The van der Waals surface area contributed by atoms with Gasteiger partial charge in [0.25, 0.3) is 0 Å². The second-order valence-electron chi connectivity index (χ2n) is 11.2. The average Bonchev–Trinajstić information content (AvgIpc) is 3.36. The standard InChI is InChI=1S/C17H35FN4.C9H16F2.C2H6/c1-4-5-8-14(13(2)3)11-19-16-15(18)17(21-12-20-16)22-9-6-7-10-22;1-7-3-5-8(6-4-7)9(2,10)11;1-2/h13-17,19-21H,4-12H2,1-3H3;7-8H,3-6H2,1-2H3;1-2H3. The van der Waals surface area contributed by atoms with E-state index < -0.39 is 12.1 Å². The Bertz CT molecular complexity index is 515. The topological polar surface area (TPSA) is 39.3 Å². The van der Waals surface area contributed by atoms with E-state index >= 15 is 0 Å². The first-order valence-corrected chi connectivity index (χ1v) is 14.6. The quantitative estimate of drug-likeness (QED) is 0.323.